The van der Waals surface area contributed by atoms with E-state index in [4.69, 9.17) is 10.2 Å². The van der Waals surface area contributed by atoms with Gasteiger partial charge in [-0.3, -0.25) is 0 Å². The second-order valence-electron chi connectivity index (χ2n) is 3.78. The number of aryl methyl sites for hydroxylation is 2. The van der Waals surface area contributed by atoms with Gasteiger partial charge in [-0.1, -0.05) is 0 Å². The Balaban J connectivity index is 2.62. The summed E-state index contributed by atoms with van der Waals surface area (Å²) in [5.41, 5.74) is 0. The third kappa shape index (κ3) is 3.79. The van der Waals surface area contributed by atoms with Crippen LogP contribution >= 0.6 is 0 Å². The zero-order valence-corrected chi connectivity index (χ0v) is 9.70. The summed E-state index contributed by atoms with van der Waals surface area (Å²) in [4.78, 5) is 10.5. The van der Waals surface area contributed by atoms with Gasteiger partial charge in [0.2, 0.25) is 0 Å². The third-order valence-electron chi connectivity index (χ3n) is 2.48. The average Bonchev–Trinajstić information content (AvgIpc) is 2.64. The molecule has 1 atom stereocenters. The number of aliphatic carboxylic acids is 1. The van der Waals surface area contributed by atoms with Crippen molar-refractivity contribution in [2.45, 2.75) is 38.8 Å². The van der Waals surface area contributed by atoms with Gasteiger partial charge in [0, 0.05) is 26.0 Å². The number of aliphatic hydroxyl groups is 2. The number of rotatable bonds is 7. The first-order valence-electron chi connectivity index (χ1n) is 5.46. The van der Waals surface area contributed by atoms with Crippen LogP contribution in [0.2, 0.25) is 0 Å². The minimum absolute atomic E-state index is 0.0731. The molecule has 0 radical (unpaired) electrons. The van der Waals surface area contributed by atoms with Crippen molar-refractivity contribution < 1.29 is 20.1 Å². The average molecular weight is 243 g/mol. The first kappa shape index (κ1) is 13.6. The highest BCUT2D eigenvalue weighted by atomic mass is 16.4. The van der Waals surface area contributed by atoms with Crippen molar-refractivity contribution in [3.8, 4) is 0 Å². The Kier molecular flexibility index (Phi) is 5.05. The second-order valence-corrected chi connectivity index (χ2v) is 3.78. The molecule has 0 fully saturated rings. The van der Waals surface area contributed by atoms with Gasteiger partial charge in [0.1, 0.15) is 11.6 Å². The maximum absolute atomic E-state index is 10.5. The monoisotopic (exact) mass is 243 g/mol. The number of aromatic nitrogens is 3. The summed E-state index contributed by atoms with van der Waals surface area (Å²) in [5.74, 6) is 0.150. The molecular weight excluding hydrogens is 226 g/mol. The Morgan fingerprint density at radius 1 is 1.47 bits per heavy atom. The summed E-state index contributed by atoms with van der Waals surface area (Å²) >= 11 is 0. The van der Waals surface area contributed by atoms with E-state index in [2.05, 4.69) is 10.2 Å². The smallest absolute Gasteiger partial charge is 0.332 e. The second kappa shape index (κ2) is 6.31. The summed E-state index contributed by atoms with van der Waals surface area (Å²) in [6.45, 7) is 2.19. The van der Waals surface area contributed by atoms with E-state index in [0.717, 1.165) is 0 Å². The van der Waals surface area contributed by atoms with Crippen molar-refractivity contribution in [1.29, 1.82) is 0 Å². The van der Waals surface area contributed by atoms with Gasteiger partial charge < -0.3 is 19.9 Å². The number of hydrogen-bond donors (Lipinski definition) is 3. The maximum atomic E-state index is 10.5. The zero-order valence-electron chi connectivity index (χ0n) is 9.70. The number of carboxylic acid groups (broad SMARTS) is 1. The molecule has 96 valence electrons. The molecule has 1 unspecified atom stereocenters. The molecule has 0 aliphatic carbocycles. The molecule has 17 heavy (non-hydrogen) atoms. The molecule has 1 aromatic rings. The third-order valence-corrected chi connectivity index (χ3v) is 2.48. The fourth-order valence-corrected chi connectivity index (χ4v) is 1.51. The van der Waals surface area contributed by atoms with E-state index >= 15 is 0 Å². The van der Waals surface area contributed by atoms with E-state index in [1.165, 1.54) is 0 Å². The lowest BCUT2D eigenvalue weighted by atomic mass is 10.2. The predicted octanol–water partition coefficient (Wildman–Crippen LogP) is -0.653. The Bertz CT molecular complexity index is 378. The Labute approximate surface area is 98.7 Å². The minimum atomic E-state index is -1.37. The molecule has 7 nitrogen and oxygen atoms in total. The summed E-state index contributed by atoms with van der Waals surface area (Å²) in [6.07, 6.45) is -0.0945. The van der Waals surface area contributed by atoms with Gasteiger partial charge in [-0.05, 0) is 13.3 Å². The Morgan fingerprint density at radius 3 is 2.76 bits per heavy atom. The predicted molar refractivity (Wildman–Crippen MR) is 58.4 cm³/mol. The molecule has 0 aromatic carbocycles. The van der Waals surface area contributed by atoms with E-state index in [0.29, 0.717) is 31.0 Å². The van der Waals surface area contributed by atoms with E-state index in [9.17, 15) is 9.90 Å². The minimum Gasteiger partial charge on any atom is -0.479 e. The molecular formula is C10H17N3O4. The fraction of sp³-hybridized carbons (Fsp3) is 0.700. The Morgan fingerprint density at radius 2 is 2.18 bits per heavy atom. The molecule has 0 saturated carbocycles. The number of aliphatic hydroxyl groups excluding tert-OH is 2. The van der Waals surface area contributed by atoms with Crippen LogP contribution in [0.5, 0.6) is 0 Å². The van der Waals surface area contributed by atoms with Gasteiger partial charge in [0.25, 0.3) is 0 Å². The van der Waals surface area contributed by atoms with E-state index < -0.39 is 12.1 Å². The molecule has 1 heterocycles. The van der Waals surface area contributed by atoms with Crippen molar-refractivity contribution in [1.82, 2.24) is 14.8 Å². The van der Waals surface area contributed by atoms with Crippen LogP contribution in [-0.2, 0) is 17.8 Å². The highest BCUT2D eigenvalue weighted by Crippen LogP contribution is 2.06. The van der Waals surface area contributed by atoms with E-state index in [1.807, 2.05) is 0 Å². The summed E-state index contributed by atoms with van der Waals surface area (Å²) in [5, 5.41) is 34.3. The van der Waals surface area contributed by atoms with Crippen molar-refractivity contribution in [3.63, 3.8) is 0 Å². The summed E-state index contributed by atoms with van der Waals surface area (Å²) < 4.78 is 1.77. The molecule has 0 amide bonds. The first-order valence-corrected chi connectivity index (χ1v) is 5.46. The van der Waals surface area contributed by atoms with Crippen LogP contribution in [0, 0.1) is 6.92 Å². The van der Waals surface area contributed by atoms with Crippen LogP contribution in [0.4, 0.5) is 0 Å². The van der Waals surface area contributed by atoms with Crippen LogP contribution in [0.25, 0.3) is 0 Å². The van der Waals surface area contributed by atoms with Gasteiger partial charge in [-0.2, -0.15) is 0 Å². The molecule has 1 aromatic heterocycles. The van der Waals surface area contributed by atoms with Crippen molar-refractivity contribution in [3.05, 3.63) is 11.6 Å². The molecule has 0 bridgehead atoms. The quantitative estimate of drug-likeness (QED) is 0.587. The van der Waals surface area contributed by atoms with Crippen LogP contribution in [0.15, 0.2) is 0 Å². The number of carboxylic acids is 1. The lowest BCUT2D eigenvalue weighted by molar-refractivity contribution is -0.147. The molecule has 3 N–H and O–H groups in total. The van der Waals surface area contributed by atoms with Gasteiger partial charge in [0.05, 0.1) is 0 Å². The van der Waals surface area contributed by atoms with Gasteiger partial charge in [-0.15, -0.1) is 10.2 Å². The van der Waals surface area contributed by atoms with Crippen LogP contribution in [0.3, 0.4) is 0 Å². The number of hydrogen-bond acceptors (Lipinski definition) is 5. The molecule has 1 rings (SSSR count). The van der Waals surface area contributed by atoms with Crippen molar-refractivity contribution in [2.24, 2.45) is 0 Å². The largest absolute Gasteiger partial charge is 0.479 e. The number of nitrogens with zero attached hydrogens (tertiary/aromatic N) is 3. The molecule has 0 spiro atoms. The van der Waals surface area contributed by atoms with E-state index in [1.54, 1.807) is 11.5 Å². The molecule has 7 heteroatoms. The topological polar surface area (TPSA) is 108 Å². The van der Waals surface area contributed by atoms with Gasteiger partial charge >= 0.3 is 5.97 Å². The summed E-state index contributed by atoms with van der Waals surface area (Å²) in [7, 11) is 0. The lowest BCUT2D eigenvalue weighted by Crippen LogP contribution is -2.22. The normalized spacial score (nSPS) is 12.6. The Hall–Kier alpha value is -1.47. The maximum Gasteiger partial charge on any atom is 0.332 e. The van der Waals surface area contributed by atoms with Crippen molar-refractivity contribution >= 4 is 5.97 Å². The highest BCUT2D eigenvalue weighted by molar-refractivity contribution is 5.71. The standard InChI is InChI=1S/C10H17N3O4/c1-7-11-12-9(3-2-6-14)13(7)5-4-8(15)10(16)17/h8,14-15H,2-6H2,1H3,(H,16,17). The van der Waals surface area contributed by atoms with Crippen LogP contribution in [0.1, 0.15) is 24.5 Å². The lowest BCUT2D eigenvalue weighted by Gasteiger charge is -2.10. The van der Waals surface area contributed by atoms with Crippen LogP contribution in [-0.4, -0.2) is 48.8 Å². The molecule has 0 aliphatic rings. The van der Waals surface area contributed by atoms with Crippen molar-refractivity contribution in [2.75, 3.05) is 6.61 Å². The molecule has 0 saturated heterocycles. The van der Waals surface area contributed by atoms with Gasteiger partial charge in [-0.25, -0.2) is 4.79 Å². The number of carbonyl (C=O) groups is 1. The molecule has 0 aliphatic heterocycles. The highest BCUT2D eigenvalue weighted by Gasteiger charge is 2.15. The van der Waals surface area contributed by atoms with E-state index in [-0.39, 0.29) is 13.0 Å². The van der Waals surface area contributed by atoms with Crippen LogP contribution < -0.4 is 0 Å². The SMILES string of the molecule is Cc1nnc(CCCO)n1CCC(O)C(=O)O. The summed E-state index contributed by atoms with van der Waals surface area (Å²) in [6, 6.07) is 0. The fourth-order valence-electron chi connectivity index (χ4n) is 1.51. The zero-order chi connectivity index (χ0) is 12.8. The van der Waals surface area contributed by atoms with Gasteiger partial charge in [0.15, 0.2) is 6.10 Å². The first-order chi connectivity index (χ1) is 8.06.